The lowest BCUT2D eigenvalue weighted by atomic mass is 10.1. The molecule has 2 aromatic heterocycles. The van der Waals surface area contributed by atoms with E-state index in [-0.39, 0.29) is 17.9 Å². The van der Waals surface area contributed by atoms with Gasteiger partial charge in [-0.1, -0.05) is 6.42 Å². The van der Waals surface area contributed by atoms with E-state index in [1.165, 1.54) is 11.3 Å². The van der Waals surface area contributed by atoms with Gasteiger partial charge in [0.25, 0.3) is 5.91 Å². The molecule has 21 heavy (non-hydrogen) atoms. The van der Waals surface area contributed by atoms with E-state index in [9.17, 15) is 9.90 Å². The number of hydrogen-bond acceptors (Lipinski definition) is 5. The van der Waals surface area contributed by atoms with Crippen LogP contribution < -0.4 is 5.32 Å². The van der Waals surface area contributed by atoms with Crippen LogP contribution in [0, 0.1) is 12.8 Å². The molecule has 2 aromatic rings. The van der Waals surface area contributed by atoms with Crippen LogP contribution in [0.2, 0.25) is 0 Å². The van der Waals surface area contributed by atoms with Crippen molar-refractivity contribution in [3.63, 3.8) is 0 Å². The van der Waals surface area contributed by atoms with E-state index >= 15 is 0 Å². The Bertz CT molecular complexity index is 634. The smallest absolute Gasteiger partial charge is 0.270 e. The predicted molar refractivity (Wildman–Crippen MR) is 80.2 cm³/mol. The van der Waals surface area contributed by atoms with Gasteiger partial charge in [0.1, 0.15) is 11.5 Å². The SMILES string of the molecule is Cc1ccc(-c2nc(C(=O)NCC3CCCC3O)cs2)o1. The molecule has 2 heterocycles. The van der Waals surface area contributed by atoms with E-state index in [1.807, 2.05) is 19.1 Å². The van der Waals surface area contributed by atoms with Crippen molar-refractivity contribution in [3.05, 3.63) is 29.0 Å². The summed E-state index contributed by atoms with van der Waals surface area (Å²) in [7, 11) is 0. The molecule has 1 amide bonds. The summed E-state index contributed by atoms with van der Waals surface area (Å²) in [5, 5.41) is 15.0. The van der Waals surface area contributed by atoms with Crippen LogP contribution in [0.3, 0.4) is 0 Å². The van der Waals surface area contributed by atoms with Gasteiger partial charge >= 0.3 is 0 Å². The van der Waals surface area contributed by atoms with Crippen molar-refractivity contribution in [3.8, 4) is 10.8 Å². The largest absolute Gasteiger partial charge is 0.459 e. The third kappa shape index (κ3) is 3.16. The van der Waals surface area contributed by atoms with E-state index < -0.39 is 0 Å². The number of aryl methyl sites for hydroxylation is 1. The second-order valence-electron chi connectivity index (χ2n) is 5.42. The monoisotopic (exact) mass is 306 g/mol. The Kier molecular flexibility index (Phi) is 4.07. The third-order valence-electron chi connectivity index (χ3n) is 3.83. The number of nitrogens with one attached hydrogen (secondary N) is 1. The number of aromatic nitrogens is 1. The van der Waals surface area contributed by atoms with Crippen molar-refractivity contribution in [1.29, 1.82) is 0 Å². The average molecular weight is 306 g/mol. The summed E-state index contributed by atoms with van der Waals surface area (Å²) >= 11 is 1.39. The number of aliphatic hydroxyl groups excluding tert-OH is 1. The van der Waals surface area contributed by atoms with Crippen molar-refractivity contribution in [2.45, 2.75) is 32.3 Å². The zero-order valence-corrected chi connectivity index (χ0v) is 12.7. The van der Waals surface area contributed by atoms with Crippen LogP contribution >= 0.6 is 11.3 Å². The van der Waals surface area contributed by atoms with Crippen molar-refractivity contribution in [2.24, 2.45) is 5.92 Å². The Morgan fingerprint density at radius 3 is 3.05 bits per heavy atom. The number of thiazole rings is 1. The van der Waals surface area contributed by atoms with Crippen LogP contribution in [0.4, 0.5) is 0 Å². The van der Waals surface area contributed by atoms with E-state index in [0.717, 1.165) is 25.0 Å². The molecule has 1 fully saturated rings. The van der Waals surface area contributed by atoms with Crippen LogP contribution in [-0.2, 0) is 0 Å². The minimum atomic E-state index is -0.289. The molecule has 2 atom stereocenters. The molecule has 3 rings (SSSR count). The molecule has 0 spiro atoms. The fourth-order valence-corrected chi connectivity index (χ4v) is 3.37. The summed E-state index contributed by atoms with van der Waals surface area (Å²) in [6.07, 6.45) is 2.54. The van der Waals surface area contributed by atoms with Gasteiger partial charge in [0.15, 0.2) is 10.8 Å². The quantitative estimate of drug-likeness (QED) is 0.910. The van der Waals surface area contributed by atoms with Gasteiger partial charge in [-0.15, -0.1) is 11.3 Å². The maximum absolute atomic E-state index is 12.1. The first-order valence-corrected chi connectivity index (χ1v) is 8.00. The number of furan rings is 1. The molecule has 5 nitrogen and oxygen atoms in total. The zero-order chi connectivity index (χ0) is 14.8. The number of carbonyl (C=O) groups is 1. The molecule has 0 aliphatic heterocycles. The fourth-order valence-electron chi connectivity index (χ4n) is 2.61. The number of aliphatic hydroxyl groups is 1. The van der Waals surface area contributed by atoms with E-state index in [2.05, 4.69) is 10.3 Å². The normalized spacial score (nSPS) is 21.6. The minimum absolute atomic E-state index is 0.166. The van der Waals surface area contributed by atoms with Crippen molar-refractivity contribution < 1.29 is 14.3 Å². The Labute approximate surface area is 127 Å². The van der Waals surface area contributed by atoms with Crippen molar-refractivity contribution >= 4 is 17.2 Å². The lowest BCUT2D eigenvalue weighted by molar-refractivity contribution is 0.0912. The molecule has 0 bridgehead atoms. The fraction of sp³-hybridized carbons (Fsp3) is 0.467. The molecule has 1 saturated carbocycles. The molecule has 0 saturated heterocycles. The van der Waals surface area contributed by atoms with Crippen LogP contribution in [0.5, 0.6) is 0 Å². The van der Waals surface area contributed by atoms with E-state index in [4.69, 9.17) is 4.42 Å². The van der Waals surface area contributed by atoms with Gasteiger partial charge in [0.05, 0.1) is 6.10 Å². The third-order valence-corrected chi connectivity index (χ3v) is 4.69. The molecule has 2 N–H and O–H groups in total. The zero-order valence-electron chi connectivity index (χ0n) is 11.8. The van der Waals surface area contributed by atoms with Crippen LogP contribution in [0.15, 0.2) is 21.9 Å². The summed E-state index contributed by atoms with van der Waals surface area (Å²) in [4.78, 5) is 16.4. The number of hydrogen-bond donors (Lipinski definition) is 2. The van der Waals surface area contributed by atoms with Gasteiger partial charge in [0.2, 0.25) is 0 Å². The van der Waals surface area contributed by atoms with Gasteiger partial charge < -0.3 is 14.8 Å². The molecule has 2 unspecified atom stereocenters. The highest BCUT2D eigenvalue weighted by Crippen LogP contribution is 2.26. The highest BCUT2D eigenvalue weighted by Gasteiger charge is 2.25. The molecule has 1 aliphatic rings. The summed E-state index contributed by atoms with van der Waals surface area (Å²) in [5.41, 5.74) is 0.400. The van der Waals surface area contributed by atoms with Crippen LogP contribution in [0.1, 0.15) is 35.5 Å². The number of nitrogens with zero attached hydrogens (tertiary/aromatic N) is 1. The molecule has 0 aromatic carbocycles. The standard InChI is InChI=1S/C15H18N2O3S/c1-9-5-6-13(20-9)15-17-11(8-21-15)14(19)16-7-10-3-2-4-12(10)18/h5-6,8,10,12,18H,2-4,7H2,1H3,(H,16,19). The Morgan fingerprint density at radius 2 is 2.38 bits per heavy atom. The highest BCUT2D eigenvalue weighted by molar-refractivity contribution is 7.13. The van der Waals surface area contributed by atoms with Crippen LogP contribution in [-0.4, -0.2) is 28.6 Å². The highest BCUT2D eigenvalue weighted by atomic mass is 32.1. The first-order chi connectivity index (χ1) is 10.1. The summed E-state index contributed by atoms with van der Waals surface area (Å²) in [6.45, 7) is 2.38. The van der Waals surface area contributed by atoms with E-state index in [1.54, 1.807) is 5.38 Å². The second-order valence-corrected chi connectivity index (χ2v) is 6.27. The maximum Gasteiger partial charge on any atom is 0.270 e. The molecule has 112 valence electrons. The minimum Gasteiger partial charge on any atom is -0.459 e. The summed E-state index contributed by atoms with van der Waals surface area (Å²) in [6, 6.07) is 3.72. The molecule has 0 radical (unpaired) electrons. The predicted octanol–water partition coefficient (Wildman–Crippen LogP) is 2.60. The van der Waals surface area contributed by atoms with Crippen molar-refractivity contribution in [2.75, 3.05) is 6.54 Å². The van der Waals surface area contributed by atoms with Gasteiger partial charge in [-0.3, -0.25) is 4.79 Å². The topological polar surface area (TPSA) is 75.4 Å². The Morgan fingerprint density at radius 1 is 1.52 bits per heavy atom. The summed E-state index contributed by atoms with van der Waals surface area (Å²) < 4.78 is 5.50. The molecular formula is C15H18N2O3S. The first kappa shape index (κ1) is 14.3. The number of rotatable bonds is 4. The molecule has 6 heteroatoms. The van der Waals surface area contributed by atoms with Gasteiger partial charge in [0, 0.05) is 17.8 Å². The van der Waals surface area contributed by atoms with Crippen molar-refractivity contribution in [1.82, 2.24) is 10.3 Å². The second kappa shape index (κ2) is 5.99. The van der Waals surface area contributed by atoms with Gasteiger partial charge in [-0.05, 0) is 31.9 Å². The maximum atomic E-state index is 12.1. The Hall–Kier alpha value is -1.66. The van der Waals surface area contributed by atoms with E-state index in [0.29, 0.717) is 23.0 Å². The summed E-state index contributed by atoms with van der Waals surface area (Å²) in [5.74, 6) is 1.48. The number of amides is 1. The first-order valence-electron chi connectivity index (χ1n) is 7.12. The average Bonchev–Trinajstić information content (AvgIpc) is 3.16. The molecule has 1 aliphatic carbocycles. The lowest BCUT2D eigenvalue weighted by Gasteiger charge is -2.14. The van der Waals surface area contributed by atoms with Gasteiger partial charge in [-0.25, -0.2) is 4.98 Å². The number of carbonyl (C=O) groups excluding carboxylic acids is 1. The Balaban J connectivity index is 1.61. The van der Waals surface area contributed by atoms with Gasteiger partial charge in [-0.2, -0.15) is 0 Å². The molecular weight excluding hydrogens is 288 g/mol. The lowest BCUT2D eigenvalue weighted by Crippen LogP contribution is -2.32. The van der Waals surface area contributed by atoms with Crippen LogP contribution in [0.25, 0.3) is 10.8 Å².